The average Bonchev–Trinajstić information content (AvgIpc) is 2.46. The Morgan fingerprint density at radius 3 is 1.85 bits per heavy atom. The minimum Gasteiger partial charge on any atom is -0.375 e. The highest BCUT2D eigenvalue weighted by atomic mass is 28.3. The minimum absolute atomic E-state index is 0.363. The number of unbranched alkanes of at least 4 members (excludes halogenated alkanes) is 6. The molecule has 0 saturated heterocycles. The molecule has 0 aliphatic carbocycles. The van der Waals surface area contributed by atoms with Crippen molar-refractivity contribution in [3.05, 3.63) is 12.7 Å². The van der Waals surface area contributed by atoms with E-state index < -0.39 is 9.53 Å². The average molecular weight is 305 g/mol. The summed E-state index contributed by atoms with van der Waals surface area (Å²) in [6, 6.07) is 0. The van der Waals surface area contributed by atoms with Gasteiger partial charge in [0.25, 0.3) is 0 Å². The maximum absolute atomic E-state index is 5.68. The smallest absolute Gasteiger partial charge is 0.375 e. The van der Waals surface area contributed by atoms with Crippen LogP contribution in [0.5, 0.6) is 0 Å². The fourth-order valence-corrected chi connectivity index (χ4v) is 2.78. The molecule has 0 amide bonds. The predicted molar refractivity (Wildman–Crippen MR) is 84.6 cm³/mol. The van der Waals surface area contributed by atoms with Gasteiger partial charge in [-0.05, 0) is 12.8 Å². The van der Waals surface area contributed by atoms with Gasteiger partial charge >= 0.3 is 9.53 Å². The molecule has 0 bridgehead atoms. The summed E-state index contributed by atoms with van der Waals surface area (Å²) in [4.78, 5) is 5.00. The molecule has 0 fully saturated rings. The maximum Gasteiger partial charge on any atom is 0.513 e. The molecule has 0 saturated carbocycles. The molecule has 0 unspecified atom stereocenters. The van der Waals surface area contributed by atoms with E-state index in [1.54, 1.807) is 6.08 Å². The Hall–Kier alpha value is -0.203. The standard InChI is InChI=1S/C15H32O4Si/c1-4-7-9-11-14-17-20(19-16-13-6-3)18-15-12-10-8-5-2/h6,20H,3-5,7-15H2,1-2H3. The largest absolute Gasteiger partial charge is 0.513 e. The molecule has 0 aliphatic rings. The van der Waals surface area contributed by atoms with Gasteiger partial charge in [-0.2, -0.15) is 0 Å². The highest BCUT2D eigenvalue weighted by Crippen LogP contribution is 2.04. The Balaban J connectivity index is 3.67. The highest BCUT2D eigenvalue weighted by molar-refractivity contribution is 6.35. The van der Waals surface area contributed by atoms with Gasteiger partial charge < -0.3 is 8.85 Å². The lowest BCUT2D eigenvalue weighted by Crippen LogP contribution is -2.28. The van der Waals surface area contributed by atoms with E-state index in [4.69, 9.17) is 18.3 Å². The first-order valence-electron chi connectivity index (χ1n) is 7.97. The molecule has 120 valence electrons. The lowest BCUT2D eigenvalue weighted by atomic mass is 10.2. The number of hydrogen-bond donors (Lipinski definition) is 0. The summed E-state index contributed by atoms with van der Waals surface area (Å²) >= 11 is 0. The van der Waals surface area contributed by atoms with Crippen LogP contribution in [-0.4, -0.2) is 29.3 Å². The van der Waals surface area contributed by atoms with Gasteiger partial charge in [-0.15, -0.1) is 6.58 Å². The summed E-state index contributed by atoms with van der Waals surface area (Å²) in [6.07, 6.45) is 11.1. The predicted octanol–water partition coefficient (Wildman–Crippen LogP) is 4.03. The van der Waals surface area contributed by atoms with Crippen molar-refractivity contribution in [3.8, 4) is 0 Å². The molecule has 0 aromatic carbocycles. The Bertz CT molecular complexity index is 188. The van der Waals surface area contributed by atoms with Crippen LogP contribution in [0.25, 0.3) is 0 Å². The van der Waals surface area contributed by atoms with Crippen LogP contribution in [0.3, 0.4) is 0 Å². The van der Waals surface area contributed by atoms with Crippen LogP contribution < -0.4 is 0 Å². The molecule has 0 rings (SSSR count). The van der Waals surface area contributed by atoms with Crippen LogP contribution in [0.2, 0.25) is 0 Å². The van der Waals surface area contributed by atoms with E-state index in [-0.39, 0.29) is 0 Å². The molecule has 0 atom stereocenters. The summed E-state index contributed by atoms with van der Waals surface area (Å²) in [7, 11) is -2.14. The molecule has 4 nitrogen and oxygen atoms in total. The summed E-state index contributed by atoms with van der Waals surface area (Å²) < 4.78 is 16.6. The second kappa shape index (κ2) is 16.9. The van der Waals surface area contributed by atoms with Crippen LogP contribution in [-0.2, 0) is 18.3 Å². The molecule has 0 heterocycles. The Kier molecular flexibility index (Phi) is 16.7. The van der Waals surface area contributed by atoms with E-state index >= 15 is 0 Å². The van der Waals surface area contributed by atoms with Crippen molar-refractivity contribution in [2.24, 2.45) is 0 Å². The van der Waals surface area contributed by atoms with Gasteiger partial charge in [0.2, 0.25) is 0 Å². The van der Waals surface area contributed by atoms with Crippen LogP contribution in [0, 0.1) is 0 Å². The number of rotatable bonds is 16. The van der Waals surface area contributed by atoms with E-state index in [0.717, 1.165) is 12.8 Å². The van der Waals surface area contributed by atoms with Gasteiger partial charge in [0.1, 0.15) is 0 Å². The van der Waals surface area contributed by atoms with Crippen molar-refractivity contribution < 1.29 is 18.3 Å². The van der Waals surface area contributed by atoms with Crippen LogP contribution in [0.1, 0.15) is 65.2 Å². The second-order valence-electron chi connectivity index (χ2n) is 4.82. The quantitative estimate of drug-likeness (QED) is 0.142. The van der Waals surface area contributed by atoms with Crippen molar-refractivity contribution >= 4 is 9.53 Å². The fraction of sp³-hybridized carbons (Fsp3) is 0.867. The molecule has 0 aromatic heterocycles. The van der Waals surface area contributed by atoms with Gasteiger partial charge in [0.15, 0.2) is 0 Å². The molecule has 20 heavy (non-hydrogen) atoms. The summed E-state index contributed by atoms with van der Waals surface area (Å²) in [6.45, 7) is 9.73. The van der Waals surface area contributed by atoms with E-state index in [1.165, 1.54) is 38.5 Å². The van der Waals surface area contributed by atoms with E-state index in [9.17, 15) is 0 Å². The van der Waals surface area contributed by atoms with Crippen molar-refractivity contribution in [1.29, 1.82) is 0 Å². The molecule has 0 aliphatic heterocycles. The first-order valence-corrected chi connectivity index (χ1v) is 9.38. The number of hydrogen-bond acceptors (Lipinski definition) is 4. The zero-order chi connectivity index (χ0) is 14.9. The van der Waals surface area contributed by atoms with Crippen molar-refractivity contribution in [2.75, 3.05) is 19.8 Å². The highest BCUT2D eigenvalue weighted by Gasteiger charge is 2.16. The monoisotopic (exact) mass is 304 g/mol. The molecule has 0 radical (unpaired) electrons. The topological polar surface area (TPSA) is 36.9 Å². The first kappa shape index (κ1) is 19.8. The Morgan fingerprint density at radius 1 is 0.850 bits per heavy atom. The lowest BCUT2D eigenvalue weighted by Gasteiger charge is -2.15. The van der Waals surface area contributed by atoms with Gasteiger partial charge in [0.05, 0.1) is 6.61 Å². The normalized spacial score (nSPS) is 11.2. The van der Waals surface area contributed by atoms with Gasteiger partial charge in [-0.1, -0.05) is 58.4 Å². The van der Waals surface area contributed by atoms with Gasteiger partial charge in [-0.25, -0.2) is 9.46 Å². The third-order valence-corrected chi connectivity index (χ3v) is 4.15. The first-order chi connectivity index (χ1) is 9.85. The Morgan fingerprint density at radius 2 is 1.40 bits per heavy atom. The van der Waals surface area contributed by atoms with Crippen molar-refractivity contribution in [1.82, 2.24) is 0 Å². The molecular weight excluding hydrogens is 272 g/mol. The fourth-order valence-electron chi connectivity index (χ4n) is 1.66. The van der Waals surface area contributed by atoms with Crippen LogP contribution in [0.4, 0.5) is 0 Å². The maximum atomic E-state index is 5.68. The van der Waals surface area contributed by atoms with E-state index in [2.05, 4.69) is 20.4 Å². The summed E-state index contributed by atoms with van der Waals surface area (Å²) in [5, 5.41) is 0. The third-order valence-electron chi connectivity index (χ3n) is 2.84. The Labute approximate surface area is 126 Å². The molecule has 0 N–H and O–H groups in total. The summed E-state index contributed by atoms with van der Waals surface area (Å²) in [5.74, 6) is 0. The molecule has 5 heteroatoms. The van der Waals surface area contributed by atoms with Crippen molar-refractivity contribution in [3.63, 3.8) is 0 Å². The lowest BCUT2D eigenvalue weighted by molar-refractivity contribution is -0.231. The van der Waals surface area contributed by atoms with Crippen LogP contribution >= 0.6 is 0 Å². The van der Waals surface area contributed by atoms with Crippen LogP contribution in [0.15, 0.2) is 12.7 Å². The minimum atomic E-state index is -2.14. The molecular formula is C15H32O4Si. The summed E-state index contributed by atoms with van der Waals surface area (Å²) in [5.41, 5.74) is 0. The third kappa shape index (κ3) is 14.2. The van der Waals surface area contributed by atoms with Crippen molar-refractivity contribution in [2.45, 2.75) is 65.2 Å². The zero-order valence-electron chi connectivity index (χ0n) is 13.3. The van der Waals surface area contributed by atoms with E-state index in [0.29, 0.717) is 19.8 Å². The SMILES string of the molecule is C=CCOO[SiH](OCCCCCC)OCCCCCC. The molecule has 0 spiro atoms. The van der Waals surface area contributed by atoms with E-state index in [1.807, 2.05) is 0 Å². The second-order valence-corrected chi connectivity index (χ2v) is 6.26. The van der Waals surface area contributed by atoms with Gasteiger partial charge in [-0.3, -0.25) is 0 Å². The zero-order valence-corrected chi connectivity index (χ0v) is 14.4. The molecule has 0 aromatic rings. The van der Waals surface area contributed by atoms with Gasteiger partial charge in [0, 0.05) is 13.2 Å².